The van der Waals surface area contributed by atoms with Gasteiger partial charge in [-0.05, 0) is 24.8 Å². The highest BCUT2D eigenvalue weighted by Crippen LogP contribution is 2.22. The molecule has 1 aromatic heterocycles. The second-order valence-corrected chi connectivity index (χ2v) is 3.91. The van der Waals surface area contributed by atoms with Crippen LogP contribution in [0.1, 0.15) is 26.2 Å². The van der Waals surface area contributed by atoms with Crippen molar-refractivity contribution in [1.82, 2.24) is 9.97 Å². The monoisotopic (exact) mass is 191 g/mol. The number of nitrogens with zero attached hydrogens (tertiary/aromatic N) is 3. The number of anilines is 1. The van der Waals surface area contributed by atoms with Gasteiger partial charge in [-0.15, -0.1) is 0 Å². The van der Waals surface area contributed by atoms with Gasteiger partial charge in [0.2, 0.25) is 0 Å². The Balaban J connectivity index is 1.96. The molecule has 1 aromatic rings. The summed E-state index contributed by atoms with van der Waals surface area (Å²) in [6.07, 6.45) is 7.37. The minimum atomic E-state index is 0.924. The van der Waals surface area contributed by atoms with Crippen LogP contribution in [0.4, 0.5) is 5.82 Å². The van der Waals surface area contributed by atoms with Gasteiger partial charge in [-0.3, -0.25) is 0 Å². The molecule has 2 heterocycles. The van der Waals surface area contributed by atoms with E-state index in [0.29, 0.717) is 0 Å². The largest absolute Gasteiger partial charge is 0.357 e. The maximum atomic E-state index is 4.27. The first-order chi connectivity index (χ1) is 6.90. The topological polar surface area (TPSA) is 29.0 Å². The summed E-state index contributed by atoms with van der Waals surface area (Å²) in [4.78, 5) is 10.6. The second-order valence-electron chi connectivity index (χ2n) is 3.91. The van der Waals surface area contributed by atoms with Crippen LogP contribution in [-0.4, -0.2) is 23.1 Å². The van der Waals surface area contributed by atoms with E-state index in [9.17, 15) is 0 Å². The van der Waals surface area contributed by atoms with Crippen molar-refractivity contribution in [2.75, 3.05) is 18.0 Å². The first-order valence-corrected chi connectivity index (χ1v) is 5.41. The molecule has 2 rings (SSSR count). The Morgan fingerprint density at radius 3 is 2.79 bits per heavy atom. The zero-order chi connectivity index (χ0) is 9.80. The fraction of sp³-hybridized carbons (Fsp3) is 0.636. The predicted octanol–water partition coefficient (Wildman–Crippen LogP) is 2.10. The third-order valence-corrected chi connectivity index (χ3v) is 3.08. The Morgan fingerprint density at radius 2 is 2.21 bits per heavy atom. The average molecular weight is 191 g/mol. The van der Waals surface area contributed by atoms with E-state index < -0.39 is 0 Å². The smallest absolute Gasteiger partial charge is 0.131 e. The average Bonchev–Trinajstić information content (AvgIpc) is 2.30. The zero-order valence-electron chi connectivity index (χ0n) is 8.69. The van der Waals surface area contributed by atoms with Gasteiger partial charge in [0.1, 0.15) is 12.1 Å². The second kappa shape index (κ2) is 4.40. The lowest BCUT2D eigenvalue weighted by Gasteiger charge is -2.32. The molecule has 0 N–H and O–H groups in total. The Morgan fingerprint density at radius 1 is 1.43 bits per heavy atom. The minimum Gasteiger partial charge on any atom is -0.357 e. The highest BCUT2D eigenvalue weighted by Gasteiger charge is 2.18. The van der Waals surface area contributed by atoms with Crippen molar-refractivity contribution >= 4 is 5.82 Å². The van der Waals surface area contributed by atoms with Crippen LogP contribution in [-0.2, 0) is 0 Å². The summed E-state index contributed by atoms with van der Waals surface area (Å²) in [5, 5.41) is 0. The van der Waals surface area contributed by atoms with Crippen molar-refractivity contribution in [3.63, 3.8) is 0 Å². The minimum absolute atomic E-state index is 0.924. The van der Waals surface area contributed by atoms with Crippen molar-refractivity contribution in [3.8, 4) is 0 Å². The number of aromatic nitrogens is 2. The molecule has 76 valence electrons. The third-order valence-electron chi connectivity index (χ3n) is 3.08. The van der Waals surface area contributed by atoms with E-state index in [1.54, 1.807) is 6.33 Å². The fourth-order valence-corrected chi connectivity index (χ4v) is 2.04. The maximum absolute atomic E-state index is 4.27. The van der Waals surface area contributed by atoms with Gasteiger partial charge in [0.25, 0.3) is 0 Å². The zero-order valence-corrected chi connectivity index (χ0v) is 8.69. The van der Waals surface area contributed by atoms with E-state index in [1.165, 1.54) is 19.3 Å². The van der Waals surface area contributed by atoms with Crippen LogP contribution in [0, 0.1) is 5.92 Å². The van der Waals surface area contributed by atoms with Crippen LogP contribution >= 0.6 is 0 Å². The molecule has 3 nitrogen and oxygen atoms in total. The fourth-order valence-electron chi connectivity index (χ4n) is 2.04. The van der Waals surface area contributed by atoms with Crippen LogP contribution in [0.3, 0.4) is 0 Å². The summed E-state index contributed by atoms with van der Waals surface area (Å²) >= 11 is 0. The molecule has 14 heavy (non-hydrogen) atoms. The number of rotatable bonds is 2. The molecule has 0 amide bonds. The van der Waals surface area contributed by atoms with Gasteiger partial charge < -0.3 is 4.90 Å². The van der Waals surface area contributed by atoms with Crippen LogP contribution in [0.2, 0.25) is 0 Å². The van der Waals surface area contributed by atoms with Crippen molar-refractivity contribution in [3.05, 3.63) is 18.6 Å². The molecule has 3 heteroatoms. The molecule has 0 aromatic carbocycles. The van der Waals surface area contributed by atoms with Crippen LogP contribution < -0.4 is 4.90 Å². The lowest BCUT2D eigenvalue weighted by Crippen LogP contribution is -2.33. The van der Waals surface area contributed by atoms with Crippen molar-refractivity contribution in [2.24, 2.45) is 5.92 Å². The van der Waals surface area contributed by atoms with Gasteiger partial charge in [-0.1, -0.05) is 13.3 Å². The van der Waals surface area contributed by atoms with Gasteiger partial charge >= 0.3 is 0 Å². The summed E-state index contributed by atoms with van der Waals surface area (Å²) in [7, 11) is 0. The molecule has 0 spiro atoms. The summed E-state index contributed by atoms with van der Waals surface area (Å²) in [5.74, 6) is 2.00. The maximum Gasteiger partial charge on any atom is 0.131 e. The molecule has 0 unspecified atom stereocenters. The Labute approximate surface area is 85.2 Å². The highest BCUT2D eigenvalue weighted by atomic mass is 15.2. The summed E-state index contributed by atoms with van der Waals surface area (Å²) in [6.45, 7) is 4.58. The van der Waals surface area contributed by atoms with Gasteiger partial charge in [-0.25, -0.2) is 9.97 Å². The molecule has 0 saturated carbocycles. The molecule has 0 radical (unpaired) electrons. The predicted molar refractivity (Wildman–Crippen MR) is 57.3 cm³/mol. The summed E-state index contributed by atoms with van der Waals surface area (Å²) < 4.78 is 0. The first-order valence-electron chi connectivity index (χ1n) is 5.41. The van der Waals surface area contributed by atoms with Crippen LogP contribution in [0.25, 0.3) is 0 Å². The molecule has 0 atom stereocenters. The van der Waals surface area contributed by atoms with Gasteiger partial charge in [0.15, 0.2) is 0 Å². The van der Waals surface area contributed by atoms with E-state index in [-0.39, 0.29) is 0 Å². The third kappa shape index (κ3) is 2.03. The van der Waals surface area contributed by atoms with Crippen LogP contribution in [0.5, 0.6) is 0 Å². The molecule has 1 aliphatic heterocycles. The van der Waals surface area contributed by atoms with E-state index in [4.69, 9.17) is 0 Å². The molecule has 1 saturated heterocycles. The van der Waals surface area contributed by atoms with E-state index in [1.807, 2.05) is 12.3 Å². The molecular formula is C11H17N3. The Hall–Kier alpha value is -1.12. The summed E-state index contributed by atoms with van der Waals surface area (Å²) in [5.41, 5.74) is 0. The number of piperidine rings is 1. The molecule has 0 aliphatic carbocycles. The van der Waals surface area contributed by atoms with Gasteiger partial charge in [0, 0.05) is 19.3 Å². The van der Waals surface area contributed by atoms with Crippen molar-refractivity contribution < 1.29 is 0 Å². The van der Waals surface area contributed by atoms with Crippen molar-refractivity contribution in [2.45, 2.75) is 26.2 Å². The first kappa shape index (κ1) is 9.44. The Bertz CT molecular complexity index is 265. The van der Waals surface area contributed by atoms with Gasteiger partial charge in [-0.2, -0.15) is 0 Å². The lowest BCUT2D eigenvalue weighted by atomic mass is 9.94. The SMILES string of the molecule is CCC1CCN(c2ccncn2)CC1. The number of hydrogen-bond donors (Lipinski definition) is 0. The Kier molecular flexibility index (Phi) is 2.96. The molecule has 0 bridgehead atoms. The van der Waals surface area contributed by atoms with E-state index in [0.717, 1.165) is 24.8 Å². The van der Waals surface area contributed by atoms with Crippen LogP contribution in [0.15, 0.2) is 18.6 Å². The summed E-state index contributed by atoms with van der Waals surface area (Å²) in [6, 6.07) is 1.99. The normalized spacial score (nSPS) is 18.5. The van der Waals surface area contributed by atoms with Crippen molar-refractivity contribution in [1.29, 1.82) is 0 Å². The number of hydrogen-bond acceptors (Lipinski definition) is 3. The van der Waals surface area contributed by atoms with E-state index in [2.05, 4.69) is 21.8 Å². The molecule has 1 fully saturated rings. The lowest BCUT2D eigenvalue weighted by molar-refractivity contribution is 0.393. The highest BCUT2D eigenvalue weighted by molar-refractivity contribution is 5.36. The van der Waals surface area contributed by atoms with E-state index >= 15 is 0 Å². The van der Waals surface area contributed by atoms with Gasteiger partial charge in [0.05, 0.1) is 0 Å². The standard InChI is InChI=1S/C11H17N3/c1-2-10-4-7-14(8-5-10)11-3-6-12-9-13-11/h3,6,9-10H,2,4-5,7-8H2,1H3. The molecule has 1 aliphatic rings. The quantitative estimate of drug-likeness (QED) is 0.717. The molecular weight excluding hydrogens is 174 g/mol.